The van der Waals surface area contributed by atoms with Gasteiger partial charge in [-0.1, -0.05) is 24.3 Å². The molecular formula is C22H29N5O2S. The summed E-state index contributed by atoms with van der Waals surface area (Å²) in [5.74, 6) is -0.0360. The van der Waals surface area contributed by atoms with Gasteiger partial charge in [-0.15, -0.1) is 0 Å². The largest absolute Gasteiger partial charge is 0.379 e. The Morgan fingerprint density at radius 2 is 2.07 bits per heavy atom. The zero-order valence-electron chi connectivity index (χ0n) is 17.7. The highest BCUT2D eigenvalue weighted by Crippen LogP contribution is 2.31. The molecule has 0 saturated carbocycles. The molecule has 0 unspecified atom stereocenters. The van der Waals surface area contributed by atoms with Crippen molar-refractivity contribution in [3.8, 4) is 0 Å². The van der Waals surface area contributed by atoms with Gasteiger partial charge in [0, 0.05) is 38.9 Å². The number of carbonyl (C=O) groups excluding carboxylic acids is 1. The number of benzene rings is 1. The minimum atomic E-state index is -0.0360. The molecule has 1 fully saturated rings. The van der Waals surface area contributed by atoms with E-state index in [1.54, 1.807) is 28.3 Å². The lowest BCUT2D eigenvalue weighted by molar-refractivity contribution is 0.0376. The Morgan fingerprint density at radius 3 is 2.83 bits per heavy atom. The van der Waals surface area contributed by atoms with E-state index in [4.69, 9.17) is 9.72 Å². The van der Waals surface area contributed by atoms with Crippen molar-refractivity contribution in [2.75, 3.05) is 44.3 Å². The predicted molar refractivity (Wildman–Crippen MR) is 120 cm³/mol. The number of hydrogen-bond acceptors (Lipinski definition) is 6. The Kier molecular flexibility index (Phi) is 6.76. The number of rotatable bonds is 8. The van der Waals surface area contributed by atoms with Gasteiger partial charge in [-0.3, -0.25) is 19.3 Å². The molecule has 30 heavy (non-hydrogen) atoms. The second-order valence-electron chi connectivity index (χ2n) is 7.45. The second kappa shape index (κ2) is 9.68. The van der Waals surface area contributed by atoms with Crippen LogP contribution in [0, 0.1) is 0 Å². The van der Waals surface area contributed by atoms with E-state index in [9.17, 15) is 4.79 Å². The maximum absolute atomic E-state index is 13.5. The molecule has 1 aliphatic heterocycles. The van der Waals surface area contributed by atoms with Crippen molar-refractivity contribution in [1.82, 2.24) is 19.7 Å². The van der Waals surface area contributed by atoms with Crippen molar-refractivity contribution in [2.24, 2.45) is 0 Å². The average Bonchev–Trinajstić information content (AvgIpc) is 3.43. The fourth-order valence-corrected chi connectivity index (χ4v) is 4.81. The number of aryl methyl sites for hydroxylation is 2. The molecule has 3 aromatic rings. The standard InChI is InChI=1S/C22H29N5O2S/c1-3-17-6-7-18-20(16-17)30-22(24-18)26(11-5-10-25-12-14-29-15-13-25)21(28)19-8-9-23-27(19)4-2/h6-9,16H,3-5,10-15H2,1-2H3. The zero-order chi connectivity index (χ0) is 20.9. The fourth-order valence-electron chi connectivity index (χ4n) is 3.76. The van der Waals surface area contributed by atoms with Crippen LogP contribution < -0.4 is 4.90 Å². The number of aromatic nitrogens is 3. The van der Waals surface area contributed by atoms with Crippen LogP contribution in [0.4, 0.5) is 5.13 Å². The molecule has 1 amide bonds. The summed E-state index contributed by atoms with van der Waals surface area (Å²) in [5.41, 5.74) is 2.84. The molecule has 0 atom stereocenters. The molecule has 1 saturated heterocycles. The maximum Gasteiger partial charge on any atom is 0.278 e. The van der Waals surface area contributed by atoms with Crippen LogP contribution in [0.25, 0.3) is 10.2 Å². The van der Waals surface area contributed by atoms with E-state index >= 15 is 0 Å². The van der Waals surface area contributed by atoms with Crippen molar-refractivity contribution in [1.29, 1.82) is 0 Å². The minimum absolute atomic E-state index is 0.0360. The number of carbonyl (C=O) groups is 1. The molecule has 7 nitrogen and oxygen atoms in total. The first-order chi connectivity index (χ1) is 14.7. The van der Waals surface area contributed by atoms with Gasteiger partial charge in [0.15, 0.2) is 5.13 Å². The zero-order valence-corrected chi connectivity index (χ0v) is 18.5. The summed E-state index contributed by atoms with van der Waals surface area (Å²) in [6, 6.07) is 8.15. The number of amides is 1. The van der Waals surface area contributed by atoms with Crippen LogP contribution in [-0.4, -0.2) is 65.0 Å². The second-order valence-corrected chi connectivity index (χ2v) is 8.46. The highest BCUT2D eigenvalue weighted by Gasteiger charge is 2.24. The van der Waals surface area contributed by atoms with E-state index in [0.29, 0.717) is 18.8 Å². The summed E-state index contributed by atoms with van der Waals surface area (Å²) in [5, 5.41) is 5.04. The van der Waals surface area contributed by atoms with Crippen molar-refractivity contribution < 1.29 is 9.53 Å². The molecule has 0 aliphatic carbocycles. The number of morpholine rings is 1. The number of hydrogen-bond donors (Lipinski definition) is 0. The van der Waals surface area contributed by atoms with Crippen molar-refractivity contribution in [3.63, 3.8) is 0 Å². The molecule has 2 aromatic heterocycles. The molecule has 4 rings (SSSR count). The van der Waals surface area contributed by atoms with Gasteiger partial charge in [0.1, 0.15) is 5.69 Å². The fraction of sp³-hybridized carbons (Fsp3) is 0.500. The van der Waals surface area contributed by atoms with Gasteiger partial charge in [0.05, 0.1) is 23.4 Å². The summed E-state index contributed by atoms with van der Waals surface area (Å²) in [6.45, 7) is 9.87. The van der Waals surface area contributed by atoms with Gasteiger partial charge in [0.2, 0.25) is 0 Å². The topological polar surface area (TPSA) is 63.5 Å². The highest BCUT2D eigenvalue weighted by molar-refractivity contribution is 7.22. The van der Waals surface area contributed by atoms with Gasteiger partial charge in [-0.05, 0) is 43.5 Å². The first-order valence-electron chi connectivity index (χ1n) is 10.7. The van der Waals surface area contributed by atoms with Crippen molar-refractivity contribution in [3.05, 3.63) is 41.7 Å². The molecular weight excluding hydrogens is 398 g/mol. The van der Waals surface area contributed by atoms with Crippen molar-refractivity contribution in [2.45, 2.75) is 33.2 Å². The van der Waals surface area contributed by atoms with Gasteiger partial charge in [0.25, 0.3) is 5.91 Å². The van der Waals surface area contributed by atoms with Crippen LogP contribution in [0.1, 0.15) is 36.3 Å². The minimum Gasteiger partial charge on any atom is -0.379 e. The number of ether oxygens (including phenoxy) is 1. The van der Waals surface area contributed by atoms with E-state index in [0.717, 1.165) is 61.0 Å². The molecule has 0 radical (unpaired) electrons. The molecule has 1 aromatic carbocycles. The monoisotopic (exact) mass is 427 g/mol. The smallest absolute Gasteiger partial charge is 0.278 e. The lowest BCUT2D eigenvalue weighted by Crippen LogP contribution is -2.39. The highest BCUT2D eigenvalue weighted by atomic mass is 32.1. The third kappa shape index (κ3) is 4.55. The molecule has 8 heteroatoms. The van der Waals surface area contributed by atoms with Crippen LogP contribution in [0.5, 0.6) is 0 Å². The van der Waals surface area contributed by atoms with Crippen LogP contribution in [-0.2, 0) is 17.7 Å². The molecule has 0 N–H and O–H groups in total. The SMILES string of the molecule is CCc1ccc2nc(N(CCCN3CCOCC3)C(=O)c3ccnn3CC)sc2c1. The van der Waals surface area contributed by atoms with E-state index in [1.165, 1.54) is 5.56 Å². The molecule has 0 spiro atoms. The predicted octanol–water partition coefficient (Wildman–Crippen LogP) is 3.44. The average molecular weight is 428 g/mol. The lowest BCUT2D eigenvalue weighted by Gasteiger charge is -2.27. The Balaban J connectivity index is 1.58. The van der Waals surface area contributed by atoms with E-state index in [-0.39, 0.29) is 5.91 Å². The van der Waals surface area contributed by atoms with E-state index < -0.39 is 0 Å². The normalized spacial score (nSPS) is 15.0. The first kappa shape index (κ1) is 21.0. The molecule has 1 aliphatic rings. The number of nitrogens with zero attached hydrogens (tertiary/aromatic N) is 5. The summed E-state index contributed by atoms with van der Waals surface area (Å²) in [7, 11) is 0. The quantitative estimate of drug-likeness (QED) is 0.551. The molecule has 160 valence electrons. The lowest BCUT2D eigenvalue weighted by atomic mass is 10.2. The summed E-state index contributed by atoms with van der Waals surface area (Å²) in [4.78, 5) is 22.5. The van der Waals surface area contributed by atoms with Crippen LogP contribution >= 0.6 is 11.3 Å². The third-order valence-corrected chi connectivity index (χ3v) is 6.56. The Morgan fingerprint density at radius 1 is 1.23 bits per heavy atom. The van der Waals surface area contributed by atoms with Gasteiger partial charge in [-0.25, -0.2) is 4.98 Å². The third-order valence-electron chi connectivity index (χ3n) is 5.52. The van der Waals surface area contributed by atoms with Gasteiger partial charge < -0.3 is 4.74 Å². The molecule has 0 bridgehead atoms. The summed E-state index contributed by atoms with van der Waals surface area (Å²) in [6.07, 6.45) is 3.57. The first-order valence-corrected chi connectivity index (χ1v) is 11.5. The number of fused-ring (bicyclic) bond motifs is 1. The molecule has 3 heterocycles. The number of anilines is 1. The maximum atomic E-state index is 13.5. The van der Waals surface area contributed by atoms with Crippen LogP contribution in [0.3, 0.4) is 0 Å². The Hall–Kier alpha value is -2.29. The van der Waals surface area contributed by atoms with E-state index in [2.05, 4.69) is 35.1 Å². The summed E-state index contributed by atoms with van der Waals surface area (Å²) >= 11 is 1.59. The van der Waals surface area contributed by atoms with Crippen molar-refractivity contribution >= 4 is 32.6 Å². The van der Waals surface area contributed by atoms with Crippen LogP contribution in [0.2, 0.25) is 0 Å². The van der Waals surface area contributed by atoms with Crippen LogP contribution in [0.15, 0.2) is 30.5 Å². The summed E-state index contributed by atoms with van der Waals surface area (Å²) < 4.78 is 8.31. The Bertz CT molecular complexity index is 992. The van der Waals surface area contributed by atoms with E-state index in [1.807, 2.05) is 11.8 Å². The van der Waals surface area contributed by atoms with Gasteiger partial charge >= 0.3 is 0 Å². The van der Waals surface area contributed by atoms with Gasteiger partial charge in [-0.2, -0.15) is 5.10 Å². The number of thiazole rings is 1. The Labute approximate surface area is 181 Å².